The summed E-state index contributed by atoms with van der Waals surface area (Å²) in [6.07, 6.45) is 1.69. The fourth-order valence-electron chi connectivity index (χ4n) is 0.993. The maximum atomic E-state index is 11.3. The number of ketones is 1. The molecule has 0 bridgehead atoms. The Morgan fingerprint density at radius 1 is 1.62 bits per heavy atom. The first-order chi connectivity index (χ1) is 6.02. The molecule has 3 heteroatoms. The smallest absolute Gasteiger partial charge is 0.177 e. The van der Waals surface area contributed by atoms with E-state index in [0.29, 0.717) is 12.1 Å². The van der Waals surface area contributed by atoms with E-state index in [0.717, 1.165) is 11.4 Å². The van der Waals surface area contributed by atoms with Gasteiger partial charge in [-0.05, 0) is 26.3 Å². The molecule has 0 spiro atoms. The third-order valence-corrected chi connectivity index (χ3v) is 2.14. The number of aryl methyl sites for hydroxylation is 1. The van der Waals surface area contributed by atoms with Gasteiger partial charge in [-0.15, -0.1) is 0 Å². The summed E-state index contributed by atoms with van der Waals surface area (Å²) >= 11 is 0. The Hall–Kier alpha value is -1.38. The molecule has 13 heavy (non-hydrogen) atoms. The largest absolute Gasteiger partial charge is 0.327 e. The molecule has 70 valence electrons. The number of allylic oxidation sites excluding steroid dienone is 1. The van der Waals surface area contributed by atoms with Crippen molar-refractivity contribution in [3.8, 4) is 0 Å². The quantitative estimate of drug-likeness (QED) is 0.659. The molecule has 0 amide bonds. The second kappa shape index (κ2) is 3.56. The molecule has 1 heterocycles. The van der Waals surface area contributed by atoms with Crippen molar-refractivity contribution >= 4 is 5.78 Å². The topological polar surface area (TPSA) is 34.9 Å². The van der Waals surface area contributed by atoms with Crippen LogP contribution in [0.5, 0.6) is 0 Å². The molecule has 1 rings (SSSR count). The average Bonchev–Trinajstić information content (AvgIpc) is 2.36. The van der Waals surface area contributed by atoms with Gasteiger partial charge in [-0.2, -0.15) is 0 Å². The summed E-state index contributed by atoms with van der Waals surface area (Å²) in [6.45, 7) is 9.56. The van der Waals surface area contributed by atoms with Crippen LogP contribution in [0.15, 0.2) is 18.5 Å². The summed E-state index contributed by atoms with van der Waals surface area (Å²) in [5, 5.41) is 0. The van der Waals surface area contributed by atoms with Crippen LogP contribution >= 0.6 is 0 Å². The van der Waals surface area contributed by atoms with Gasteiger partial charge in [0.15, 0.2) is 5.78 Å². The number of rotatable bonds is 3. The minimum absolute atomic E-state index is 0.0560. The standard InChI is InChI=1S/C10H14N2O/c1-7(2)10(13)5-12-6-11-8(3)9(12)4/h6H,1,5H2,2-4H3. The van der Waals surface area contributed by atoms with Gasteiger partial charge in [0.1, 0.15) is 0 Å². The molecule has 0 aliphatic carbocycles. The summed E-state index contributed by atoms with van der Waals surface area (Å²) in [5.74, 6) is 0.0560. The highest BCUT2D eigenvalue weighted by Gasteiger charge is 2.07. The van der Waals surface area contributed by atoms with E-state index in [-0.39, 0.29) is 5.78 Å². The number of aromatic nitrogens is 2. The lowest BCUT2D eigenvalue weighted by Crippen LogP contribution is -2.10. The van der Waals surface area contributed by atoms with E-state index in [1.54, 1.807) is 13.3 Å². The van der Waals surface area contributed by atoms with Gasteiger partial charge < -0.3 is 4.57 Å². The fraction of sp³-hybridized carbons (Fsp3) is 0.400. The van der Waals surface area contributed by atoms with E-state index >= 15 is 0 Å². The molecule has 0 aliphatic heterocycles. The Morgan fingerprint density at radius 3 is 2.62 bits per heavy atom. The van der Waals surface area contributed by atoms with Gasteiger partial charge in [0.05, 0.1) is 18.6 Å². The molecule has 0 aromatic carbocycles. The monoisotopic (exact) mass is 178 g/mol. The molecule has 0 saturated heterocycles. The van der Waals surface area contributed by atoms with E-state index in [1.165, 1.54) is 0 Å². The first-order valence-corrected chi connectivity index (χ1v) is 4.19. The maximum Gasteiger partial charge on any atom is 0.177 e. The molecule has 0 unspecified atom stereocenters. The van der Waals surface area contributed by atoms with E-state index in [2.05, 4.69) is 11.6 Å². The first-order valence-electron chi connectivity index (χ1n) is 4.19. The molecular weight excluding hydrogens is 164 g/mol. The number of Topliss-reactive ketones (excluding diaryl/α,β-unsaturated/α-hetero) is 1. The number of nitrogens with zero attached hydrogens (tertiary/aromatic N) is 2. The van der Waals surface area contributed by atoms with Crippen LogP contribution in [0, 0.1) is 13.8 Å². The Balaban J connectivity index is 2.81. The Bertz CT molecular complexity index is 350. The number of hydrogen-bond donors (Lipinski definition) is 0. The number of hydrogen-bond acceptors (Lipinski definition) is 2. The summed E-state index contributed by atoms with van der Waals surface area (Å²) in [5.41, 5.74) is 2.59. The van der Waals surface area contributed by atoms with Crippen molar-refractivity contribution in [3.63, 3.8) is 0 Å². The Morgan fingerprint density at radius 2 is 2.23 bits per heavy atom. The van der Waals surface area contributed by atoms with Crippen molar-refractivity contribution in [2.24, 2.45) is 0 Å². The predicted molar refractivity (Wildman–Crippen MR) is 51.5 cm³/mol. The SMILES string of the molecule is C=C(C)C(=O)Cn1cnc(C)c1C. The van der Waals surface area contributed by atoms with E-state index < -0.39 is 0 Å². The Labute approximate surface area is 78.1 Å². The number of carbonyl (C=O) groups is 1. The van der Waals surface area contributed by atoms with Crippen LogP contribution in [0.2, 0.25) is 0 Å². The molecule has 0 fully saturated rings. The molecule has 0 saturated carbocycles. The second-order valence-corrected chi connectivity index (χ2v) is 3.25. The molecule has 0 aliphatic rings. The lowest BCUT2D eigenvalue weighted by molar-refractivity contribution is -0.116. The van der Waals surface area contributed by atoms with Gasteiger partial charge in [-0.1, -0.05) is 6.58 Å². The highest BCUT2D eigenvalue weighted by molar-refractivity contribution is 5.93. The highest BCUT2D eigenvalue weighted by Crippen LogP contribution is 2.05. The van der Waals surface area contributed by atoms with Crippen molar-refractivity contribution < 1.29 is 4.79 Å². The van der Waals surface area contributed by atoms with Crippen LogP contribution in [0.4, 0.5) is 0 Å². The van der Waals surface area contributed by atoms with E-state index in [1.807, 2.05) is 18.4 Å². The van der Waals surface area contributed by atoms with Crippen molar-refractivity contribution in [2.45, 2.75) is 27.3 Å². The van der Waals surface area contributed by atoms with Gasteiger partial charge in [0.2, 0.25) is 0 Å². The molecule has 0 radical (unpaired) electrons. The highest BCUT2D eigenvalue weighted by atomic mass is 16.1. The molecule has 1 aromatic rings. The summed E-state index contributed by atoms with van der Waals surface area (Å²) in [6, 6.07) is 0. The van der Waals surface area contributed by atoms with Gasteiger partial charge >= 0.3 is 0 Å². The van der Waals surface area contributed by atoms with Gasteiger partial charge in [-0.25, -0.2) is 4.98 Å². The van der Waals surface area contributed by atoms with Gasteiger partial charge in [0.25, 0.3) is 0 Å². The zero-order valence-electron chi connectivity index (χ0n) is 8.29. The summed E-state index contributed by atoms with van der Waals surface area (Å²) < 4.78 is 1.84. The van der Waals surface area contributed by atoms with E-state index in [4.69, 9.17) is 0 Å². The minimum Gasteiger partial charge on any atom is -0.327 e. The van der Waals surface area contributed by atoms with Crippen LogP contribution < -0.4 is 0 Å². The molecule has 0 atom stereocenters. The summed E-state index contributed by atoms with van der Waals surface area (Å²) in [4.78, 5) is 15.4. The molecule has 0 N–H and O–H groups in total. The first kappa shape index (κ1) is 9.71. The lowest BCUT2D eigenvalue weighted by Gasteiger charge is -2.03. The molecule has 1 aromatic heterocycles. The third-order valence-electron chi connectivity index (χ3n) is 2.14. The van der Waals surface area contributed by atoms with Gasteiger partial charge in [0, 0.05) is 5.69 Å². The zero-order valence-corrected chi connectivity index (χ0v) is 8.29. The predicted octanol–water partition coefficient (Wildman–Crippen LogP) is 1.65. The van der Waals surface area contributed by atoms with Crippen LogP contribution in [-0.2, 0) is 11.3 Å². The maximum absolute atomic E-state index is 11.3. The third kappa shape index (κ3) is 2.05. The fourth-order valence-corrected chi connectivity index (χ4v) is 0.993. The van der Waals surface area contributed by atoms with Crippen molar-refractivity contribution in [2.75, 3.05) is 0 Å². The normalized spacial score (nSPS) is 10.1. The zero-order chi connectivity index (χ0) is 10.0. The summed E-state index contributed by atoms with van der Waals surface area (Å²) in [7, 11) is 0. The second-order valence-electron chi connectivity index (χ2n) is 3.25. The number of carbonyl (C=O) groups excluding carboxylic acids is 1. The molecule has 3 nitrogen and oxygen atoms in total. The number of imidazole rings is 1. The van der Waals surface area contributed by atoms with Gasteiger partial charge in [-0.3, -0.25) is 4.79 Å². The van der Waals surface area contributed by atoms with Crippen LogP contribution in [-0.4, -0.2) is 15.3 Å². The van der Waals surface area contributed by atoms with Crippen LogP contribution in [0.3, 0.4) is 0 Å². The van der Waals surface area contributed by atoms with Crippen LogP contribution in [0.25, 0.3) is 0 Å². The van der Waals surface area contributed by atoms with Crippen molar-refractivity contribution in [1.29, 1.82) is 0 Å². The lowest BCUT2D eigenvalue weighted by atomic mass is 10.2. The Kier molecular flexibility index (Phi) is 2.66. The molecular formula is C10H14N2O. The minimum atomic E-state index is 0.0560. The van der Waals surface area contributed by atoms with E-state index in [9.17, 15) is 4.79 Å². The average molecular weight is 178 g/mol. The van der Waals surface area contributed by atoms with Crippen LogP contribution in [0.1, 0.15) is 18.3 Å². The van der Waals surface area contributed by atoms with Crippen molar-refractivity contribution in [3.05, 3.63) is 29.9 Å². The van der Waals surface area contributed by atoms with Crippen molar-refractivity contribution in [1.82, 2.24) is 9.55 Å².